The zero-order valence-corrected chi connectivity index (χ0v) is 17.1. The predicted octanol–water partition coefficient (Wildman–Crippen LogP) is 0.476. The van der Waals surface area contributed by atoms with Crippen LogP contribution in [0.1, 0.15) is 0 Å². The zero-order valence-electron chi connectivity index (χ0n) is 17.1. The molecule has 0 amide bonds. The number of pyridine rings is 1. The summed E-state index contributed by atoms with van der Waals surface area (Å²) in [4.78, 5) is 16.3. The minimum Gasteiger partial charge on any atom is -0.369 e. The summed E-state index contributed by atoms with van der Waals surface area (Å²) >= 11 is 0. The van der Waals surface area contributed by atoms with E-state index in [0.717, 1.165) is 74.0 Å². The highest BCUT2D eigenvalue weighted by atomic mass is 16.5. The summed E-state index contributed by atoms with van der Waals surface area (Å²) in [5.74, 6) is 0.760. The van der Waals surface area contributed by atoms with Crippen LogP contribution in [-0.2, 0) is 4.74 Å². The number of nitrogens with zero attached hydrogens (tertiary/aromatic N) is 4. The lowest BCUT2D eigenvalue weighted by Crippen LogP contribution is -2.90. The Morgan fingerprint density at radius 3 is 2.77 bits per heavy atom. The third-order valence-electron chi connectivity index (χ3n) is 5.70. The molecule has 8 nitrogen and oxygen atoms in total. The molecule has 1 unspecified atom stereocenters. The molecule has 30 heavy (non-hydrogen) atoms. The number of piperazine rings is 1. The fraction of sp³-hybridized carbons (Fsp3) is 0.409. The molecule has 2 aromatic heterocycles. The van der Waals surface area contributed by atoms with Crippen molar-refractivity contribution in [2.75, 3.05) is 62.6 Å². The maximum Gasteiger partial charge on any atom is 0.154 e. The number of anilines is 2. The molecule has 1 aromatic carbocycles. The summed E-state index contributed by atoms with van der Waals surface area (Å²) in [5, 5.41) is 9.14. The van der Waals surface area contributed by atoms with Gasteiger partial charge in [0.2, 0.25) is 0 Å². The summed E-state index contributed by atoms with van der Waals surface area (Å²) in [6.45, 7) is 7.64. The molecule has 0 aliphatic carbocycles. The van der Waals surface area contributed by atoms with Crippen LogP contribution in [0, 0.1) is 0 Å². The molecule has 2 aliphatic heterocycles. The van der Waals surface area contributed by atoms with Gasteiger partial charge >= 0.3 is 0 Å². The van der Waals surface area contributed by atoms with Crippen LogP contribution in [-0.4, -0.2) is 73.5 Å². The molecule has 156 valence electrons. The van der Waals surface area contributed by atoms with Gasteiger partial charge in [-0.25, -0.2) is 9.97 Å². The smallest absolute Gasteiger partial charge is 0.154 e. The molecule has 3 aromatic rings. The number of nitrogens with two attached hydrogens (primary N) is 1. The van der Waals surface area contributed by atoms with Crippen molar-refractivity contribution in [2.45, 2.75) is 6.10 Å². The number of nitrogens with one attached hydrogen (secondary N) is 2. The van der Waals surface area contributed by atoms with E-state index in [1.54, 1.807) is 12.4 Å². The van der Waals surface area contributed by atoms with Gasteiger partial charge in [0.25, 0.3) is 0 Å². The van der Waals surface area contributed by atoms with E-state index >= 15 is 0 Å². The van der Waals surface area contributed by atoms with Crippen molar-refractivity contribution in [1.82, 2.24) is 20.3 Å². The molecule has 0 saturated carbocycles. The molecular formula is C22H28N7O+. The lowest BCUT2D eigenvalue weighted by atomic mass is 10.1. The maximum atomic E-state index is 5.83. The van der Waals surface area contributed by atoms with E-state index in [4.69, 9.17) is 9.72 Å². The van der Waals surface area contributed by atoms with E-state index in [-0.39, 0.29) is 6.10 Å². The van der Waals surface area contributed by atoms with Crippen LogP contribution < -0.4 is 20.9 Å². The van der Waals surface area contributed by atoms with Gasteiger partial charge in [-0.05, 0) is 18.2 Å². The van der Waals surface area contributed by atoms with E-state index in [0.29, 0.717) is 6.54 Å². The molecule has 5 rings (SSSR count). The number of hydrogen-bond donors (Lipinski definition) is 3. The molecule has 2 saturated heterocycles. The number of ether oxygens (including phenoxy) is 1. The van der Waals surface area contributed by atoms with E-state index < -0.39 is 0 Å². The van der Waals surface area contributed by atoms with Gasteiger partial charge in [-0.1, -0.05) is 12.1 Å². The molecule has 8 heteroatoms. The van der Waals surface area contributed by atoms with E-state index in [9.17, 15) is 0 Å². The lowest BCUT2D eigenvalue weighted by molar-refractivity contribution is -0.676. The normalized spacial score (nSPS) is 19.7. The van der Waals surface area contributed by atoms with Crippen LogP contribution in [0.2, 0.25) is 0 Å². The maximum absolute atomic E-state index is 5.83. The number of morpholine rings is 1. The van der Waals surface area contributed by atoms with Crippen molar-refractivity contribution in [2.24, 2.45) is 0 Å². The average molecular weight is 407 g/mol. The minimum absolute atomic E-state index is 0.175. The van der Waals surface area contributed by atoms with Gasteiger partial charge in [-0.15, -0.1) is 0 Å². The standard InChI is InChI=1S/C22H27N7O/c1-3-17(29-10-7-23-8-11-29)4-2-16(1)19-13-20-21(26-6-5-25-20)22(28-19)27-15-18-14-24-9-12-30-18/h1-6,13,18,23-24H,7-12,14-15H2,(H,27,28)/p+1. The molecule has 2 aliphatic rings. The van der Waals surface area contributed by atoms with Gasteiger partial charge in [-0.3, -0.25) is 4.98 Å². The first-order valence-electron chi connectivity index (χ1n) is 10.7. The van der Waals surface area contributed by atoms with E-state index in [1.807, 2.05) is 6.07 Å². The molecule has 1 atom stereocenters. The molecule has 0 radical (unpaired) electrons. The molecule has 4 N–H and O–H groups in total. The summed E-state index contributed by atoms with van der Waals surface area (Å²) in [6, 6.07) is 10.7. The third-order valence-corrected chi connectivity index (χ3v) is 5.70. The Hall–Kier alpha value is -2.81. The highest BCUT2D eigenvalue weighted by Crippen LogP contribution is 2.27. The number of fused-ring (bicyclic) bond motifs is 1. The van der Waals surface area contributed by atoms with Gasteiger partial charge in [0.1, 0.15) is 18.2 Å². The monoisotopic (exact) mass is 406 g/mol. The Labute approximate surface area is 176 Å². The molecule has 2 fully saturated rings. The van der Waals surface area contributed by atoms with Crippen LogP contribution in [0.3, 0.4) is 0 Å². The SMILES string of the molecule is c1cnc2c(NCC3C[NH2+]CCO3)nc(-c3ccc(N4CCNCC4)cc3)cc2n1. The molecule has 4 heterocycles. The minimum atomic E-state index is 0.175. The highest BCUT2D eigenvalue weighted by molar-refractivity contribution is 5.88. The fourth-order valence-corrected chi connectivity index (χ4v) is 4.05. The predicted molar refractivity (Wildman–Crippen MR) is 118 cm³/mol. The molecule has 0 bridgehead atoms. The van der Waals surface area contributed by atoms with Crippen molar-refractivity contribution in [3.63, 3.8) is 0 Å². The van der Waals surface area contributed by atoms with Crippen LogP contribution in [0.4, 0.5) is 11.5 Å². The Morgan fingerprint density at radius 1 is 1.13 bits per heavy atom. The van der Waals surface area contributed by atoms with E-state index in [1.165, 1.54) is 5.69 Å². The average Bonchev–Trinajstić information content (AvgIpc) is 2.84. The van der Waals surface area contributed by atoms with Crippen molar-refractivity contribution >= 4 is 22.5 Å². The third kappa shape index (κ3) is 4.21. The number of hydrogen-bond acceptors (Lipinski definition) is 7. The Kier molecular flexibility index (Phi) is 5.69. The number of aromatic nitrogens is 3. The van der Waals surface area contributed by atoms with Gasteiger partial charge < -0.3 is 25.6 Å². The van der Waals surface area contributed by atoms with Crippen LogP contribution in [0.15, 0.2) is 42.7 Å². The van der Waals surface area contributed by atoms with Crippen LogP contribution >= 0.6 is 0 Å². The summed E-state index contributed by atoms with van der Waals surface area (Å²) in [6.07, 6.45) is 3.61. The first-order chi connectivity index (χ1) is 14.9. The first kappa shape index (κ1) is 19.2. The number of rotatable bonds is 5. The van der Waals surface area contributed by atoms with E-state index in [2.05, 4.69) is 55.1 Å². The Bertz CT molecular complexity index is 982. The fourth-order valence-electron chi connectivity index (χ4n) is 4.05. The second kappa shape index (κ2) is 8.91. The quantitative estimate of drug-likeness (QED) is 0.568. The van der Waals surface area contributed by atoms with Gasteiger partial charge in [-0.2, -0.15) is 0 Å². The van der Waals surface area contributed by atoms with Crippen molar-refractivity contribution < 1.29 is 10.1 Å². The van der Waals surface area contributed by atoms with Crippen LogP contribution in [0.5, 0.6) is 0 Å². The largest absolute Gasteiger partial charge is 0.369 e. The van der Waals surface area contributed by atoms with Gasteiger partial charge in [0.05, 0.1) is 24.4 Å². The number of quaternary nitrogens is 1. The summed E-state index contributed by atoms with van der Waals surface area (Å²) in [7, 11) is 0. The van der Waals surface area contributed by atoms with Gasteiger partial charge in [0, 0.05) is 56.4 Å². The van der Waals surface area contributed by atoms with Gasteiger partial charge in [0.15, 0.2) is 5.82 Å². The second-order valence-electron chi connectivity index (χ2n) is 7.75. The Morgan fingerprint density at radius 2 is 1.97 bits per heavy atom. The Balaban J connectivity index is 1.41. The number of benzene rings is 1. The summed E-state index contributed by atoms with van der Waals surface area (Å²) in [5.41, 5.74) is 4.86. The van der Waals surface area contributed by atoms with Crippen molar-refractivity contribution in [3.8, 4) is 11.3 Å². The second-order valence-corrected chi connectivity index (χ2v) is 7.75. The zero-order chi connectivity index (χ0) is 20.2. The van der Waals surface area contributed by atoms with Crippen LogP contribution in [0.25, 0.3) is 22.3 Å². The molecular weight excluding hydrogens is 378 g/mol. The topological polar surface area (TPSA) is 91.8 Å². The highest BCUT2D eigenvalue weighted by Gasteiger charge is 2.18. The lowest BCUT2D eigenvalue weighted by Gasteiger charge is -2.29. The first-order valence-corrected chi connectivity index (χ1v) is 10.7. The van der Waals surface area contributed by atoms with Crippen molar-refractivity contribution in [3.05, 3.63) is 42.7 Å². The molecule has 0 spiro atoms. The van der Waals surface area contributed by atoms with Crippen molar-refractivity contribution in [1.29, 1.82) is 0 Å². The summed E-state index contributed by atoms with van der Waals surface area (Å²) < 4.78 is 5.83.